The molecule has 3 aromatic rings. The zero-order chi connectivity index (χ0) is 31.3. The SMILES string of the molecule is CC(C)C[C@H](NC(=O)N1CCCCCC1)C(=O)N[C@@H](Cc1ccc(OCc2ccccc2)cc1)C(=O)Nc1cccc(O)c1. The quantitative estimate of drug-likeness (QED) is 0.215. The number of hydrogen-bond acceptors (Lipinski definition) is 5. The number of aromatic hydroxyl groups is 1. The highest BCUT2D eigenvalue weighted by molar-refractivity contribution is 5.98. The highest BCUT2D eigenvalue weighted by atomic mass is 16.5. The lowest BCUT2D eigenvalue weighted by atomic mass is 10.0. The van der Waals surface area contributed by atoms with Crippen molar-refractivity contribution < 1.29 is 24.2 Å². The van der Waals surface area contributed by atoms with Gasteiger partial charge in [0.2, 0.25) is 11.8 Å². The Hall–Kier alpha value is -4.53. The van der Waals surface area contributed by atoms with Gasteiger partial charge in [-0.25, -0.2) is 4.79 Å². The molecule has 4 N–H and O–H groups in total. The average molecular weight is 601 g/mol. The van der Waals surface area contributed by atoms with Crippen molar-refractivity contribution in [3.05, 3.63) is 90.0 Å². The summed E-state index contributed by atoms with van der Waals surface area (Å²) >= 11 is 0. The van der Waals surface area contributed by atoms with Gasteiger partial charge < -0.3 is 30.7 Å². The highest BCUT2D eigenvalue weighted by Gasteiger charge is 2.29. The maximum atomic E-state index is 13.7. The smallest absolute Gasteiger partial charge is 0.318 e. The monoisotopic (exact) mass is 600 g/mol. The summed E-state index contributed by atoms with van der Waals surface area (Å²) < 4.78 is 5.90. The first-order chi connectivity index (χ1) is 21.3. The van der Waals surface area contributed by atoms with E-state index in [2.05, 4.69) is 16.0 Å². The Morgan fingerprint density at radius 2 is 1.50 bits per heavy atom. The van der Waals surface area contributed by atoms with Crippen LogP contribution in [0.2, 0.25) is 0 Å². The first kappa shape index (κ1) is 32.4. The van der Waals surface area contributed by atoms with Gasteiger partial charge in [0, 0.05) is 31.3 Å². The fourth-order valence-electron chi connectivity index (χ4n) is 5.21. The Labute approximate surface area is 260 Å². The molecule has 1 heterocycles. The molecular formula is C35H44N4O5. The van der Waals surface area contributed by atoms with Crippen LogP contribution in [-0.4, -0.2) is 53.0 Å². The number of benzene rings is 3. The zero-order valence-electron chi connectivity index (χ0n) is 25.6. The summed E-state index contributed by atoms with van der Waals surface area (Å²) in [6.07, 6.45) is 4.72. The first-order valence-corrected chi connectivity index (χ1v) is 15.5. The van der Waals surface area contributed by atoms with Gasteiger partial charge in [0.25, 0.3) is 0 Å². The molecule has 0 unspecified atom stereocenters. The second kappa shape index (κ2) is 16.4. The second-order valence-electron chi connectivity index (χ2n) is 11.8. The Morgan fingerprint density at radius 1 is 0.795 bits per heavy atom. The number of urea groups is 1. The molecule has 0 saturated carbocycles. The Kier molecular flexibility index (Phi) is 12.0. The van der Waals surface area contributed by atoms with Crippen LogP contribution in [0.3, 0.4) is 0 Å². The summed E-state index contributed by atoms with van der Waals surface area (Å²) in [6.45, 7) is 5.76. The Balaban J connectivity index is 1.47. The van der Waals surface area contributed by atoms with Crippen LogP contribution >= 0.6 is 0 Å². The molecule has 0 radical (unpaired) electrons. The molecule has 0 aliphatic carbocycles. The van der Waals surface area contributed by atoms with Crippen molar-refractivity contribution in [3.63, 3.8) is 0 Å². The van der Waals surface area contributed by atoms with Gasteiger partial charge in [0.15, 0.2) is 0 Å². The lowest BCUT2D eigenvalue weighted by Crippen LogP contribution is -2.55. The molecule has 0 spiro atoms. The normalized spacial score (nSPS) is 14.7. The number of rotatable bonds is 12. The van der Waals surface area contributed by atoms with E-state index in [4.69, 9.17) is 4.74 Å². The molecule has 2 atom stereocenters. The van der Waals surface area contributed by atoms with Crippen LogP contribution in [0.4, 0.5) is 10.5 Å². The van der Waals surface area contributed by atoms with Crippen LogP contribution in [0.5, 0.6) is 11.5 Å². The first-order valence-electron chi connectivity index (χ1n) is 15.5. The van der Waals surface area contributed by atoms with Crippen molar-refractivity contribution in [2.75, 3.05) is 18.4 Å². The number of carbonyl (C=O) groups is 3. The predicted molar refractivity (Wildman–Crippen MR) is 171 cm³/mol. The molecule has 1 saturated heterocycles. The number of likely N-dealkylation sites (tertiary alicyclic amines) is 1. The summed E-state index contributed by atoms with van der Waals surface area (Å²) in [7, 11) is 0. The third-order valence-corrected chi connectivity index (χ3v) is 7.57. The average Bonchev–Trinajstić information content (AvgIpc) is 3.30. The minimum absolute atomic E-state index is 0.0164. The van der Waals surface area contributed by atoms with E-state index in [1.807, 2.05) is 68.4 Å². The summed E-state index contributed by atoms with van der Waals surface area (Å²) in [5, 5.41) is 18.5. The number of nitrogens with one attached hydrogen (secondary N) is 3. The third kappa shape index (κ3) is 10.3. The lowest BCUT2D eigenvalue weighted by Gasteiger charge is -2.27. The van der Waals surface area contributed by atoms with Crippen LogP contribution in [-0.2, 0) is 22.6 Å². The second-order valence-corrected chi connectivity index (χ2v) is 11.8. The number of ether oxygens (including phenoxy) is 1. The number of amides is 4. The van der Waals surface area contributed by atoms with E-state index < -0.39 is 23.9 Å². The van der Waals surface area contributed by atoms with Crippen LogP contribution in [0.25, 0.3) is 0 Å². The standard InChI is InChI=1S/C35H44N4O5/c1-25(2)21-31(38-35(43)39-19-8-3-4-9-20-39)34(42)37-32(33(41)36-28-13-10-14-29(40)23-28)22-26-15-17-30(18-16-26)44-24-27-11-6-5-7-12-27/h5-7,10-18,23,25,31-32,40H,3-4,8-9,19-22,24H2,1-2H3,(H,36,41)(H,37,42)(H,38,43)/t31-,32-/m0/s1. The molecule has 0 bridgehead atoms. The van der Waals surface area contributed by atoms with E-state index in [0.717, 1.165) is 36.8 Å². The van der Waals surface area contributed by atoms with Gasteiger partial charge in [0.05, 0.1) is 0 Å². The van der Waals surface area contributed by atoms with Crippen molar-refractivity contribution in [2.45, 2.75) is 71.1 Å². The van der Waals surface area contributed by atoms with Crippen LogP contribution < -0.4 is 20.7 Å². The van der Waals surface area contributed by atoms with E-state index in [0.29, 0.717) is 37.6 Å². The van der Waals surface area contributed by atoms with Crippen LogP contribution in [0.15, 0.2) is 78.9 Å². The molecule has 3 aromatic carbocycles. The van der Waals surface area contributed by atoms with Crippen molar-refractivity contribution in [1.29, 1.82) is 0 Å². The molecule has 9 heteroatoms. The molecule has 1 fully saturated rings. The van der Waals surface area contributed by atoms with Crippen molar-refractivity contribution in [1.82, 2.24) is 15.5 Å². The third-order valence-electron chi connectivity index (χ3n) is 7.57. The van der Waals surface area contributed by atoms with Crippen LogP contribution in [0, 0.1) is 5.92 Å². The van der Waals surface area contributed by atoms with Crippen LogP contribution in [0.1, 0.15) is 57.1 Å². The number of phenolic OH excluding ortho intramolecular Hbond substituents is 1. The summed E-state index contributed by atoms with van der Waals surface area (Å²) in [5.74, 6) is -0.00671. The minimum atomic E-state index is -0.939. The number of phenols is 1. The molecule has 9 nitrogen and oxygen atoms in total. The largest absolute Gasteiger partial charge is 0.508 e. The molecule has 234 valence electrons. The van der Waals surface area contributed by atoms with Gasteiger partial charge in [-0.1, -0.05) is 75.2 Å². The zero-order valence-corrected chi connectivity index (χ0v) is 25.6. The lowest BCUT2D eigenvalue weighted by molar-refractivity contribution is -0.128. The van der Waals surface area contributed by atoms with Crippen molar-refractivity contribution in [2.24, 2.45) is 5.92 Å². The van der Waals surface area contributed by atoms with Gasteiger partial charge in [0.1, 0.15) is 30.2 Å². The highest BCUT2D eigenvalue weighted by Crippen LogP contribution is 2.19. The minimum Gasteiger partial charge on any atom is -0.508 e. The van der Waals surface area contributed by atoms with Gasteiger partial charge in [-0.2, -0.15) is 0 Å². The van der Waals surface area contributed by atoms with Crippen molar-refractivity contribution in [3.8, 4) is 11.5 Å². The molecule has 0 aromatic heterocycles. The van der Waals surface area contributed by atoms with E-state index >= 15 is 0 Å². The molecule has 1 aliphatic rings. The Bertz CT molecular complexity index is 1360. The van der Waals surface area contributed by atoms with E-state index in [9.17, 15) is 19.5 Å². The molecule has 44 heavy (non-hydrogen) atoms. The number of hydrogen-bond donors (Lipinski definition) is 4. The summed E-state index contributed by atoms with van der Waals surface area (Å²) in [4.78, 5) is 42.1. The van der Waals surface area contributed by atoms with Gasteiger partial charge >= 0.3 is 6.03 Å². The predicted octanol–water partition coefficient (Wildman–Crippen LogP) is 5.64. The summed E-state index contributed by atoms with van der Waals surface area (Å²) in [5.41, 5.74) is 2.29. The summed E-state index contributed by atoms with van der Waals surface area (Å²) in [6, 6.07) is 21.6. The van der Waals surface area contributed by atoms with Gasteiger partial charge in [-0.05, 0) is 60.6 Å². The number of nitrogens with zero attached hydrogens (tertiary/aromatic N) is 1. The maximum absolute atomic E-state index is 13.7. The van der Waals surface area contributed by atoms with E-state index in [1.54, 1.807) is 17.0 Å². The fraction of sp³-hybridized carbons (Fsp3) is 0.400. The van der Waals surface area contributed by atoms with Crippen molar-refractivity contribution >= 4 is 23.5 Å². The van der Waals surface area contributed by atoms with Gasteiger partial charge in [-0.3, -0.25) is 9.59 Å². The Morgan fingerprint density at radius 3 is 2.16 bits per heavy atom. The number of anilines is 1. The number of carbonyl (C=O) groups excluding carboxylic acids is 3. The maximum Gasteiger partial charge on any atom is 0.318 e. The van der Waals surface area contributed by atoms with E-state index in [1.165, 1.54) is 12.1 Å². The fourth-order valence-corrected chi connectivity index (χ4v) is 5.21. The molecular weight excluding hydrogens is 556 g/mol. The van der Waals surface area contributed by atoms with Gasteiger partial charge in [-0.15, -0.1) is 0 Å². The molecule has 4 amide bonds. The van der Waals surface area contributed by atoms with E-state index in [-0.39, 0.29) is 24.1 Å². The topological polar surface area (TPSA) is 120 Å². The molecule has 4 rings (SSSR count). The molecule has 1 aliphatic heterocycles.